The average molecular weight is 395 g/mol. The van der Waals surface area contributed by atoms with Crippen LogP contribution in [0.25, 0.3) is 0 Å². The second-order valence-corrected chi connectivity index (χ2v) is 7.54. The number of rotatable bonds is 8. The Morgan fingerprint density at radius 2 is 1.70 bits per heavy atom. The lowest BCUT2D eigenvalue weighted by atomic mass is 10.1. The fourth-order valence-corrected chi connectivity index (χ4v) is 3.31. The molecular formula is C18H18FNO6S. The number of ether oxygens (including phenoxy) is 2. The molecule has 0 unspecified atom stereocenters. The number of benzene rings is 2. The Bertz CT molecular complexity index is 927. The quantitative estimate of drug-likeness (QED) is 0.501. The Labute approximate surface area is 156 Å². The summed E-state index contributed by atoms with van der Waals surface area (Å²) in [7, 11) is -1.40. The molecule has 0 spiro atoms. The summed E-state index contributed by atoms with van der Waals surface area (Å²) in [4.78, 5) is 23.9. The lowest BCUT2D eigenvalue weighted by molar-refractivity contribution is -0.142. The fraction of sp³-hybridized carbons (Fsp3) is 0.222. The number of nitrogens with zero attached hydrogens (tertiary/aromatic N) is 1. The Hall–Kier alpha value is -2.78. The summed E-state index contributed by atoms with van der Waals surface area (Å²) in [6, 6.07) is 10.7. The van der Waals surface area contributed by atoms with E-state index in [1.165, 1.54) is 20.2 Å². The SMILES string of the molecule is COc1ccccc1C(=O)COC(=O)CN(C)S(=O)(=O)c1ccc(F)cc1. The van der Waals surface area contributed by atoms with E-state index in [0.29, 0.717) is 5.75 Å². The highest BCUT2D eigenvalue weighted by molar-refractivity contribution is 7.89. The lowest BCUT2D eigenvalue weighted by Crippen LogP contribution is -2.33. The highest BCUT2D eigenvalue weighted by Gasteiger charge is 2.24. The van der Waals surface area contributed by atoms with Crippen molar-refractivity contribution in [3.05, 3.63) is 59.9 Å². The number of methoxy groups -OCH3 is 1. The van der Waals surface area contributed by atoms with Crippen LogP contribution in [-0.2, 0) is 19.6 Å². The summed E-state index contributed by atoms with van der Waals surface area (Å²) in [5, 5.41) is 0. The molecule has 144 valence electrons. The number of ketones is 1. The molecule has 0 amide bonds. The normalized spacial score (nSPS) is 11.3. The zero-order valence-corrected chi connectivity index (χ0v) is 15.5. The maximum atomic E-state index is 12.9. The van der Waals surface area contributed by atoms with Crippen molar-refractivity contribution in [2.24, 2.45) is 0 Å². The monoisotopic (exact) mass is 395 g/mol. The Morgan fingerprint density at radius 3 is 2.33 bits per heavy atom. The van der Waals surface area contributed by atoms with E-state index in [9.17, 15) is 22.4 Å². The molecule has 0 aromatic heterocycles. The van der Waals surface area contributed by atoms with Gasteiger partial charge in [0.2, 0.25) is 15.8 Å². The zero-order chi connectivity index (χ0) is 20.0. The van der Waals surface area contributed by atoms with Crippen LogP contribution in [0.5, 0.6) is 5.75 Å². The smallest absolute Gasteiger partial charge is 0.321 e. The number of likely N-dealkylation sites (N-methyl/N-ethyl adjacent to an activating group) is 1. The molecule has 0 atom stereocenters. The molecule has 27 heavy (non-hydrogen) atoms. The van der Waals surface area contributed by atoms with E-state index in [1.807, 2.05) is 0 Å². The van der Waals surface area contributed by atoms with Crippen LogP contribution in [-0.4, -0.2) is 51.8 Å². The molecule has 9 heteroatoms. The van der Waals surface area contributed by atoms with Crippen LogP contribution in [0.2, 0.25) is 0 Å². The molecule has 2 aromatic carbocycles. The molecule has 0 radical (unpaired) electrons. The summed E-state index contributed by atoms with van der Waals surface area (Å²) in [5.74, 6) is -1.61. The fourth-order valence-electron chi connectivity index (χ4n) is 2.20. The summed E-state index contributed by atoms with van der Waals surface area (Å²) in [6.07, 6.45) is 0. The topological polar surface area (TPSA) is 90.0 Å². The van der Waals surface area contributed by atoms with Crippen LogP contribution >= 0.6 is 0 Å². The van der Waals surface area contributed by atoms with Crippen LogP contribution in [0.1, 0.15) is 10.4 Å². The standard InChI is InChI=1S/C18H18FNO6S/c1-20(27(23,24)14-9-7-13(19)8-10-14)11-18(22)26-12-16(21)15-5-3-4-6-17(15)25-2/h3-10H,11-12H2,1-2H3. The minimum Gasteiger partial charge on any atom is -0.496 e. The van der Waals surface area contributed by atoms with Crippen molar-refractivity contribution >= 4 is 21.8 Å². The number of sulfonamides is 1. The van der Waals surface area contributed by atoms with E-state index < -0.39 is 40.7 Å². The minimum atomic E-state index is -3.99. The van der Waals surface area contributed by atoms with Gasteiger partial charge in [0.25, 0.3) is 0 Å². The third kappa shape index (κ3) is 5.11. The van der Waals surface area contributed by atoms with Gasteiger partial charge in [-0.1, -0.05) is 12.1 Å². The molecule has 0 aliphatic rings. The Kier molecular flexibility index (Phi) is 6.65. The van der Waals surface area contributed by atoms with Gasteiger partial charge in [-0.05, 0) is 36.4 Å². The van der Waals surface area contributed by atoms with Gasteiger partial charge in [-0.15, -0.1) is 0 Å². The lowest BCUT2D eigenvalue weighted by Gasteiger charge is -2.16. The van der Waals surface area contributed by atoms with Crippen LogP contribution < -0.4 is 4.74 Å². The maximum absolute atomic E-state index is 12.9. The van der Waals surface area contributed by atoms with E-state index >= 15 is 0 Å². The van der Waals surface area contributed by atoms with Crippen molar-refractivity contribution in [3.8, 4) is 5.75 Å². The van der Waals surface area contributed by atoms with E-state index in [4.69, 9.17) is 9.47 Å². The van der Waals surface area contributed by atoms with Gasteiger partial charge < -0.3 is 9.47 Å². The van der Waals surface area contributed by atoms with Gasteiger partial charge in [-0.25, -0.2) is 12.8 Å². The van der Waals surface area contributed by atoms with E-state index in [0.717, 1.165) is 28.6 Å². The van der Waals surface area contributed by atoms with E-state index in [1.54, 1.807) is 18.2 Å². The number of carbonyl (C=O) groups excluding carboxylic acids is 2. The van der Waals surface area contributed by atoms with Crippen molar-refractivity contribution in [2.75, 3.05) is 27.3 Å². The second kappa shape index (κ2) is 8.74. The highest BCUT2D eigenvalue weighted by Crippen LogP contribution is 2.18. The van der Waals surface area contributed by atoms with Crippen LogP contribution in [0, 0.1) is 5.82 Å². The van der Waals surface area contributed by atoms with Crippen molar-refractivity contribution in [2.45, 2.75) is 4.90 Å². The molecule has 0 fully saturated rings. The molecular weight excluding hydrogens is 377 g/mol. The molecule has 7 nitrogen and oxygen atoms in total. The molecule has 0 aliphatic heterocycles. The molecule has 0 saturated carbocycles. The first kappa shape index (κ1) is 20.5. The Morgan fingerprint density at radius 1 is 1.07 bits per heavy atom. The van der Waals surface area contributed by atoms with Crippen LogP contribution in [0.4, 0.5) is 4.39 Å². The maximum Gasteiger partial charge on any atom is 0.321 e. The molecule has 0 saturated heterocycles. The molecule has 0 heterocycles. The number of esters is 1. The van der Waals surface area contributed by atoms with Gasteiger partial charge in [-0.3, -0.25) is 9.59 Å². The van der Waals surface area contributed by atoms with Crippen molar-refractivity contribution in [1.82, 2.24) is 4.31 Å². The summed E-state index contributed by atoms with van der Waals surface area (Å²) in [5.41, 5.74) is 0.250. The van der Waals surface area contributed by atoms with E-state index in [2.05, 4.69) is 0 Å². The summed E-state index contributed by atoms with van der Waals surface area (Å²) in [6.45, 7) is -1.15. The predicted molar refractivity (Wildman–Crippen MR) is 94.5 cm³/mol. The number of hydrogen-bond donors (Lipinski definition) is 0. The summed E-state index contributed by atoms with van der Waals surface area (Å²) >= 11 is 0. The largest absolute Gasteiger partial charge is 0.496 e. The first-order valence-corrected chi connectivity index (χ1v) is 9.23. The second-order valence-electron chi connectivity index (χ2n) is 5.50. The van der Waals surface area contributed by atoms with Gasteiger partial charge in [0.1, 0.15) is 18.1 Å². The van der Waals surface area contributed by atoms with Crippen LogP contribution in [0.15, 0.2) is 53.4 Å². The third-order valence-corrected chi connectivity index (χ3v) is 5.46. The van der Waals surface area contributed by atoms with Gasteiger partial charge >= 0.3 is 5.97 Å². The average Bonchev–Trinajstić information content (AvgIpc) is 2.66. The van der Waals surface area contributed by atoms with Crippen LogP contribution in [0.3, 0.4) is 0 Å². The van der Waals surface area contributed by atoms with Gasteiger partial charge in [-0.2, -0.15) is 4.31 Å². The van der Waals surface area contributed by atoms with Gasteiger partial charge in [0.05, 0.1) is 17.6 Å². The van der Waals surface area contributed by atoms with E-state index in [-0.39, 0.29) is 10.5 Å². The molecule has 2 aromatic rings. The molecule has 2 rings (SSSR count). The minimum absolute atomic E-state index is 0.163. The number of hydrogen-bond acceptors (Lipinski definition) is 6. The number of Topliss-reactive ketones (excluding diaryl/α,β-unsaturated/α-hetero) is 1. The number of halogens is 1. The summed E-state index contributed by atoms with van der Waals surface area (Å²) < 4.78 is 48.3. The molecule has 0 bridgehead atoms. The zero-order valence-electron chi connectivity index (χ0n) is 14.7. The molecule has 0 N–H and O–H groups in total. The highest BCUT2D eigenvalue weighted by atomic mass is 32.2. The third-order valence-electron chi connectivity index (χ3n) is 3.65. The van der Waals surface area contributed by atoms with Crippen molar-refractivity contribution < 1.29 is 31.9 Å². The Balaban J connectivity index is 1.96. The predicted octanol–water partition coefficient (Wildman–Crippen LogP) is 1.88. The number of para-hydroxylation sites is 1. The molecule has 0 aliphatic carbocycles. The van der Waals surface area contributed by atoms with Gasteiger partial charge in [0.15, 0.2) is 6.61 Å². The first-order chi connectivity index (χ1) is 12.8. The first-order valence-electron chi connectivity index (χ1n) is 7.79. The van der Waals surface area contributed by atoms with Crippen molar-refractivity contribution in [1.29, 1.82) is 0 Å². The van der Waals surface area contributed by atoms with Crippen molar-refractivity contribution in [3.63, 3.8) is 0 Å². The van der Waals surface area contributed by atoms with Gasteiger partial charge in [0, 0.05) is 7.05 Å². The number of carbonyl (C=O) groups is 2.